The van der Waals surface area contributed by atoms with Crippen molar-refractivity contribution in [3.05, 3.63) is 53.5 Å². The molecular formula is C19H20N4. The maximum absolute atomic E-state index is 9.05. The molecule has 0 unspecified atom stereocenters. The number of nitrogens with zero attached hydrogens (tertiary/aromatic N) is 4. The quantitative estimate of drug-likeness (QED) is 0.869. The summed E-state index contributed by atoms with van der Waals surface area (Å²) in [5, 5.41) is 9.05. The van der Waals surface area contributed by atoms with Crippen LogP contribution in [0.5, 0.6) is 0 Å². The largest absolute Gasteiger partial charge is 0.356 e. The fourth-order valence-corrected chi connectivity index (χ4v) is 3.44. The van der Waals surface area contributed by atoms with Gasteiger partial charge in [0.2, 0.25) is 0 Å². The van der Waals surface area contributed by atoms with Gasteiger partial charge in [-0.15, -0.1) is 0 Å². The van der Waals surface area contributed by atoms with E-state index in [1.54, 1.807) is 6.33 Å². The molecule has 1 aromatic carbocycles. The Morgan fingerprint density at radius 1 is 1.00 bits per heavy atom. The van der Waals surface area contributed by atoms with E-state index in [0.717, 1.165) is 37.3 Å². The number of anilines is 1. The molecule has 1 aromatic heterocycles. The molecule has 0 atom stereocenters. The molecule has 4 nitrogen and oxygen atoms in total. The smallest absolute Gasteiger partial charge is 0.132 e. The number of hydrogen-bond donors (Lipinski definition) is 0. The van der Waals surface area contributed by atoms with Crippen LogP contribution in [-0.4, -0.2) is 23.1 Å². The molecule has 2 heterocycles. The normalized spacial score (nSPS) is 18.7. The molecule has 1 saturated carbocycles. The van der Waals surface area contributed by atoms with Gasteiger partial charge in [0, 0.05) is 30.8 Å². The molecular weight excluding hydrogens is 284 g/mol. The van der Waals surface area contributed by atoms with Crippen molar-refractivity contribution in [3.8, 4) is 6.07 Å². The SMILES string of the molecule is N#Cc1cccc(C2CCN(c3cc(C4CC4)ncn3)CC2)c1. The lowest BCUT2D eigenvalue weighted by Gasteiger charge is -2.33. The summed E-state index contributed by atoms with van der Waals surface area (Å²) in [6.07, 6.45) is 6.47. The first-order valence-corrected chi connectivity index (χ1v) is 8.40. The van der Waals surface area contributed by atoms with E-state index in [2.05, 4.69) is 33.1 Å². The third-order valence-electron chi connectivity index (χ3n) is 4.98. The van der Waals surface area contributed by atoms with Gasteiger partial charge in [-0.05, 0) is 49.3 Å². The van der Waals surface area contributed by atoms with E-state index in [0.29, 0.717) is 11.8 Å². The number of aromatic nitrogens is 2. The van der Waals surface area contributed by atoms with Gasteiger partial charge < -0.3 is 4.90 Å². The van der Waals surface area contributed by atoms with Gasteiger partial charge in [0.15, 0.2) is 0 Å². The van der Waals surface area contributed by atoms with Crippen LogP contribution in [0.1, 0.15) is 54.3 Å². The first kappa shape index (κ1) is 14.2. The van der Waals surface area contributed by atoms with Crippen LogP contribution in [0.4, 0.5) is 5.82 Å². The number of piperidine rings is 1. The monoisotopic (exact) mass is 304 g/mol. The molecule has 4 rings (SSSR count). The summed E-state index contributed by atoms with van der Waals surface area (Å²) < 4.78 is 0. The van der Waals surface area contributed by atoms with Crippen molar-refractivity contribution in [1.29, 1.82) is 5.26 Å². The second kappa shape index (κ2) is 6.00. The Kier molecular flexibility index (Phi) is 3.70. The molecule has 4 heteroatoms. The van der Waals surface area contributed by atoms with Crippen molar-refractivity contribution in [2.75, 3.05) is 18.0 Å². The Balaban J connectivity index is 1.44. The lowest BCUT2D eigenvalue weighted by Crippen LogP contribution is -2.33. The molecule has 0 amide bonds. The molecule has 1 saturated heterocycles. The first-order valence-electron chi connectivity index (χ1n) is 8.40. The van der Waals surface area contributed by atoms with Gasteiger partial charge in [-0.3, -0.25) is 0 Å². The Morgan fingerprint density at radius 3 is 2.57 bits per heavy atom. The van der Waals surface area contributed by atoms with E-state index in [1.165, 1.54) is 24.1 Å². The van der Waals surface area contributed by atoms with Gasteiger partial charge in [0.25, 0.3) is 0 Å². The molecule has 2 fully saturated rings. The molecule has 0 bridgehead atoms. The van der Waals surface area contributed by atoms with Crippen LogP contribution in [-0.2, 0) is 0 Å². The van der Waals surface area contributed by atoms with Crippen LogP contribution in [0.3, 0.4) is 0 Å². The molecule has 0 N–H and O–H groups in total. The highest BCUT2D eigenvalue weighted by molar-refractivity contribution is 5.42. The predicted octanol–water partition coefficient (Wildman–Crippen LogP) is 3.61. The Bertz CT molecular complexity index is 737. The van der Waals surface area contributed by atoms with Crippen molar-refractivity contribution in [2.24, 2.45) is 0 Å². The van der Waals surface area contributed by atoms with E-state index in [1.807, 2.05) is 18.2 Å². The maximum atomic E-state index is 9.05. The summed E-state index contributed by atoms with van der Waals surface area (Å²) in [6.45, 7) is 2.03. The van der Waals surface area contributed by atoms with Crippen LogP contribution < -0.4 is 4.90 Å². The maximum Gasteiger partial charge on any atom is 0.132 e. The van der Waals surface area contributed by atoms with Gasteiger partial charge in [0.1, 0.15) is 12.1 Å². The first-order chi connectivity index (χ1) is 11.3. The van der Waals surface area contributed by atoms with Crippen LogP contribution in [0.2, 0.25) is 0 Å². The Hall–Kier alpha value is -2.41. The Morgan fingerprint density at radius 2 is 1.83 bits per heavy atom. The van der Waals surface area contributed by atoms with E-state index in [-0.39, 0.29) is 0 Å². The average Bonchev–Trinajstić information content (AvgIpc) is 3.47. The molecule has 1 aliphatic heterocycles. The molecule has 2 aliphatic rings. The standard InChI is InChI=1S/C19H20N4/c20-12-14-2-1-3-17(10-14)15-6-8-23(9-7-15)19-11-18(16-4-5-16)21-13-22-19/h1-3,10-11,13,15-16H,4-9H2. The summed E-state index contributed by atoms with van der Waals surface area (Å²) in [6, 6.07) is 12.5. The zero-order chi connectivity index (χ0) is 15.6. The molecule has 116 valence electrons. The van der Waals surface area contributed by atoms with Gasteiger partial charge >= 0.3 is 0 Å². The minimum atomic E-state index is 0.546. The summed E-state index contributed by atoms with van der Waals surface area (Å²) >= 11 is 0. The summed E-state index contributed by atoms with van der Waals surface area (Å²) in [4.78, 5) is 11.3. The second-order valence-electron chi connectivity index (χ2n) is 6.57. The zero-order valence-electron chi connectivity index (χ0n) is 13.2. The van der Waals surface area contributed by atoms with Crippen LogP contribution in [0, 0.1) is 11.3 Å². The van der Waals surface area contributed by atoms with E-state index >= 15 is 0 Å². The van der Waals surface area contributed by atoms with Crippen LogP contribution in [0.25, 0.3) is 0 Å². The number of nitriles is 1. The van der Waals surface area contributed by atoms with Crippen molar-refractivity contribution >= 4 is 5.82 Å². The molecule has 1 aliphatic carbocycles. The van der Waals surface area contributed by atoms with E-state index in [4.69, 9.17) is 5.26 Å². The van der Waals surface area contributed by atoms with E-state index in [9.17, 15) is 0 Å². The molecule has 0 radical (unpaired) electrons. The summed E-state index contributed by atoms with van der Waals surface area (Å²) in [5.74, 6) is 2.29. The summed E-state index contributed by atoms with van der Waals surface area (Å²) in [7, 11) is 0. The molecule has 0 spiro atoms. The highest BCUT2D eigenvalue weighted by atomic mass is 15.2. The van der Waals surface area contributed by atoms with Crippen molar-refractivity contribution in [1.82, 2.24) is 9.97 Å². The second-order valence-corrected chi connectivity index (χ2v) is 6.57. The highest BCUT2D eigenvalue weighted by Crippen LogP contribution is 2.39. The minimum absolute atomic E-state index is 0.546. The van der Waals surface area contributed by atoms with Crippen LogP contribution in [0.15, 0.2) is 36.7 Å². The lowest BCUT2D eigenvalue weighted by atomic mass is 9.88. The lowest BCUT2D eigenvalue weighted by molar-refractivity contribution is 0.502. The topological polar surface area (TPSA) is 52.8 Å². The number of rotatable bonds is 3. The average molecular weight is 304 g/mol. The van der Waals surface area contributed by atoms with Crippen molar-refractivity contribution < 1.29 is 0 Å². The number of hydrogen-bond acceptors (Lipinski definition) is 4. The summed E-state index contributed by atoms with van der Waals surface area (Å²) in [5.41, 5.74) is 3.26. The fraction of sp³-hybridized carbons (Fsp3) is 0.421. The van der Waals surface area contributed by atoms with Gasteiger partial charge in [-0.2, -0.15) is 5.26 Å². The van der Waals surface area contributed by atoms with Crippen molar-refractivity contribution in [2.45, 2.75) is 37.5 Å². The minimum Gasteiger partial charge on any atom is -0.356 e. The zero-order valence-corrected chi connectivity index (χ0v) is 13.2. The van der Waals surface area contributed by atoms with Crippen LogP contribution >= 0.6 is 0 Å². The third-order valence-corrected chi connectivity index (χ3v) is 4.98. The fourth-order valence-electron chi connectivity index (χ4n) is 3.44. The van der Waals surface area contributed by atoms with Gasteiger partial charge in [-0.25, -0.2) is 9.97 Å². The Labute approximate surface area is 136 Å². The highest BCUT2D eigenvalue weighted by Gasteiger charge is 2.27. The van der Waals surface area contributed by atoms with Crippen molar-refractivity contribution in [3.63, 3.8) is 0 Å². The van der Waals surface area contributed by atoms with E-state index < -0.39 is 0 Å². The number of benzene rings is 1. The third kappa shape index (κ3) is 3.05. The van der Waals surface area contributed by atoms with Gasteiger partial charge in [0.05, 0.1) is 11.6 Å². The predicted molar refractivity (Wildman–Crippen MR) is 89.4 cm³/mol. The van der Waals surface area contributed by atoms with Gasteiger partial charge in [-0.1, -0.05) is 12.1 Å². The molecule has 23 heavy (non-hydrogen) atoms. The molecule has 2 aromatic rings.